The van der Waals surface area contributed by atoms with E-state index in [0.29, 0.717) is 12.8 Å². The third-order valence-corrected chi connectivity index (χ3v) is 5.62. The lowest BCUT2D eigenvalue weighted by Gasteiger charge is -2.26. The quantitative estimate of drug-likeness (QED) is 0.0435. The number of aliphatic hydroxyl groups excluding tert-OH is 10. The number of primary amides is 1. The predicted molar refractivity (Wildman–Crippen MR) is 132 cm³/mol. The molecule has 14 N–H and O–H groups in total. The van der Waals surface area contributed by atoms with Crippen LogP contribution >= 0.6 is 0 Å². The maximum absolute atomic E-state index is 12.4. The van der Waals surface area contributed by atoms with Gasteiger partial charge in [-0.15, -0.1) is 0 Å². The number of nitrogens with one attached hydrogen (secondary N) is 2. The summed E-state index contributed by atoms with van der Waals surface area (Å²) in [6, 6.07) is 0. The smallest absolute Gasteiger partial charge is 0.246 e. The van der Waals surface area contributed by atoms with E-state index in [1.165, 1.54) is 4.90 Å². The molecule has 0 aliphatic rings. The first-order valence-electron chi connectivity index (χ1n) is 12.2. The van der Waals surface area contributed by atoms with Crippen LogP contribution in [0.3, 0.4) is 0 Å². The van der Waals surface area contributed by atoms with Crippen LogP contribution in [-0.2, 0) is 9.59 Å². The van der Waals surface area contributed by atoms with Gasteiger partial charge in [0.25, 0.3) is 0 Å². The van der Waals surface area contributed by atoms with Gasteiger partial charge in [0, 0.05) is 38.3 Å². The second-order valence-corrected chi connectivity index (χ2v) is 8.77. The second kappa shape index (κ2) is 20.2. The SMILES string of the molecule is NC(=O)C=CC(=O)N(CCCNC[C@H](O)[C@@H](O)[C@H](O)[C@H](O)CO)CCCNC[C@H](O)[C@@H](O)[C@H](O)[C@H](O)CO. The van der Waals surface area contributed by atoms with Gasteiger partial charge in [0.1, 0.15) is 36.6 Å². The Morgan fingerprint density at radius 3 is 1.37 bits per heavy atom. The highest BCUT2D eigenvalue weighted by Gasteiger charge is 2.30. The molecular weight excluding hydrogens is 512 g/mol. The van der Waals surface area contributed by atoms with E-state index in [0.717, 1.165) is 12.2 Å². The van der Waals surface area contributed by atoms with E-state index in [1.54, 1.807) is 0 Å². The van der Waals surface area contributed by atoms with Gasteiger partial charge in [-0.25, -0.2) is 0 Å². The van der Waals surface area contributed by atoms with Gasteiger partial charge in [-0.05, 0) is 25.9 Å². The van der Waals surface area contributed by atoms with Crippen LogP contribution in [0.1, 0.15) is 12.8 Å². The van der Waals surface area contributed by atoms with E-state index >= 15 is 0 Å². The number of nitrogens with two attached hydrogens (primary N) is 1. The third-order valence-electron chi connectivity index (χ3n) is 5.62. The molecule has 0 heterocycles. The van der Waals surface area contributed by atoms with E-state index in [-0.39, 0.29) is 39.3 Å². The Morgan fingerprint density at radius 1 is 0.658 bits per heavy atom. The number of hydrogen-bond acceptors (Lipinski definition) is 14. The lowest BCUT2D eigenvalue weighted by Crippen LogP contribution is -2.49. The monoisotopic (exact) mass is 556 g/mol. The van der Waals surface area contributed by atoms with E-state index in [4.69, 9.17) is 15.9 Å². The summed E-state index contributed by atoms with van der Waals surface area (Å²) in [6.45, 7) is -0.836. The summed E-state index contributed by atoms with van der Waals surface area (Å²) < 4.78 is 0. The van der Waals surface area contributed by atoms with Gasteiger partial charge in [0.05, 0.1) is 25.4 Å². The number of aliphatic hydroxyl groups is 10. The molecule has 16 nitrogen and oxygen atoms in total. The average molecular weight is 557 g/mol. The summed E-state index contributed by atoms with van der Waals surface area (Å²) in [5.41, 5.74) is 5.02. The van der Waals surface area contributed by atoms with Gasteiger partial charge < -0.3 is 72.3 Å². The number of carbonyl (C=O) groups excluding carboxylic acids is 2. The molecule has 224 valence electrons. The molecule has 2 amide bonds. The van der Waals surface area contributed by atoms with Crippen LogP contribution in [-0.4, -0.2) is 169 Å². The van der Waals surface area contributed by atoms with Crippen molar-refractivity contribution in [2.24, 2.45) is 5.73 Å². The fourth-order valence-electron chi connectivity index (χ4n) is 3.25. The maximum Gasteiger partial charge on any atom is 0.246 e. The van der Waals surface area contributed by atoms with Gasteiger partial charge in [-0.2, -0.15) is 0 Å². The van der Waals surface area contributed by atoms with Gasteiger partial charge in [0.15, 0.2) is 0 Å². The van der Waals surface area contributed by atoms with Gasteiger partial charge in [0.2, 0.25) is 11.8 Å². The maximum atomic E-state index is 12.4. The molecule has 0 spiro atoms. The lowest BCUT2D eigenvalue weighted by atomic mass is 10.0. The Kier molecular flexibility index (Phi) is 19.2. The molecule has 0 aromatic heterocycles. The molecular formula is C22H44N4O12. The van der Waals surface area contributed by atoms with E-state index < -0.39 is 73.9 Å². The van der Waals surface area contributed by atoms with Crippen molar-refractivity contribution in [2.45, 2.75) is 61.7 Å². The van der Waals surface area contributed by atoms with Crippen molar-refractivity contribution in [3.63, 3.8) is 0 Å². The first-order chi connectivity index (χ1) is 17.9. The van der Waals surface area contributed by atoms with E-state index in [2.05, 4.69) is 10.6 Å². The highest BCUT2D eigenvalue weighted by molar-refractivity contribution is 5.95. The highest BCUT2D eigenvalue weighted by atomic mass is 16.4. The van der Waals surface area contributed by atoms with Crippen molar-refractivity contribution in [3.05, 3.63) is 12.2 Å². The lowest BCUT2D eigenvalue weighted by molar-refractivity contribution is -0.126. The Hall–Kier alpha value is -1.80. The normalized spacial score (nSPS) is 18.4. The van der Waals surface area contributed by atoms with Gasteiger partial charge in [-0.3, -0.25) is 9.59 Å². The standard InChI is InChI=1S/C22H44N4O12/c23-17(33)3-4-18(34)26(7-1-5-24-9-13(29)19(35)21(37)15(31)11-27)8-2-6-25-10-14(30)20(36)22(38)16(32)12-28/h3-4,13-16,19-22,24-25,27-32,35-38H,1-2,5-12H2,(H2,23,33)/t13-,14-,15+,16+,19+,20+,21+,22+/m0/s1. The predicted octanol–water partition coefficient (Wildman–Crippen LogP) is -7.31. The van der Waals surface area contributed by atoms with Crippen molar-refractivity contribution in [1.29, 1.82) is 0 Å². The number of hydrogen-bond donors (Lipinski definition) is 13. The second-order valence-electron chi connectivity index (χ2n) is 8.77. The zero-order valence-electron chi connectivity index (χ0n) is 21.2. The Morgan fingerprint density at radius 2 is 1.03 bits per heavy atom. The van der Waals surface area contributed by atoms with Crippen LogP contribution in [0.25, 0.3) is 0 Å². The van der Waals surface area contributed by atoms with Crippen molar-refractivity contribution < 1.29 is 60.7 Å². The summed E-state index contributed by atoms with van der Waals surface area (Å²) in [5, 5.41) is 101. The average Bonchev–Trinajstić information content (AvgIpc) is 2.91. The van der Waals surface area contributed by atoms with Gasteiger partial charge >= 0.3 is 0 Å². The zero-order chi connectivity index (χ0) is 29.3. The van der Waals surface area contributed by atoms with Crippen molar-refractivity contribution in [1.82, 2.24) is 15.5 Å². The molecule has 38 heavy (non-hydrogen) atoms. The number of rotatable bonds is 22. The summed E-state index contributed by atoms with van der Waals surface area (Å²) in [6.07, 6.45) is -10.2. The van der Waals surface area contributed by atoms with Crippen LogP contribution in [0.2, 0.25) is 0 Å². The van der Waals surface area contributed by atoms with Crippen molar-refractivity contribution >= 4 is 11.8 Å². The Bertz CT molecular complexity index is 651. The largest absolute Gasteiger partial charge is 0.394 e. The minimum atomic E-state index is -1.74. The topological polar surface area (TPSA) is 290 Å². The molecule has 0 bridgehead atoms. The summed E-state index contributed by atoms with van der Waals surface area (Å²) in [4.78, 5) is 24.8. The fraction of sp³-hybridized carbons (Fsp3) is 0.818. The summed E-state index contributed by atoms with van der Waals surface area (Å²) >= 11 is 0. The summed E-state index contributed by atoms with van der Waals surface area (Å²) in [5.74, 6) is -1.29. The molecule has 0 unspecified atom stereocenters. The van der Waals surface area contributed by atoms with Crippen molar-refractivity contribution in [2.75, 3.05) is 52.5 Å². The minimum absolute atomic E-state index is 0.145. The van der Waals surface area contributed by atoms with Crippen LogP contribution in [0.15, 0.2) is 12.2 Å². The number of amides is 2. The van der Waals surface area contributed by atoms with Crippen LogP contribution < -0.4 is 16.4 Å². The third kappa shape index (κ3) is 14.4. The molecule has 0 aromatic carbocycles. The molecule has 0 radical (unpaired) electrons. The molecule has 8 atom stereocenters. The van der Waals surface area contributed by atoms with Crippen LogP contribution in [0.4, 0.5) is 0 Å². The zero-order valence-corrected chi connectivity index (χ0v) is 21.2. The molecule has 0 aromatic rings. The number of carbonyl (C=O) groups is 2. The molecule has 0 saturated carbocycles. The Labute approximate surface area is 220 Å². The molecule has 0 aliphatic heterocycles. The first kappa shape index (κ1) is 36.2. The van der Waals surface area contributed by atoms with E-state index in [1.807, 2.05) is 0 Å². The van der Waals surface area contributed by atoms with E-state index in [9.17, 15) is 50.4 Å². The molecule has 0 rings (SSSR count). The number of nitrogens with zero attached hydrogens (tertiary/aromatic N) is 1. The fourth-order valence-corrected chi connectivity index (χ4v) is 3.25. The van der Waals surface area contributed by atoms with Crippen molar-refractivity contribution in [3.8, 4) is 0 Å². The van der Waals surface area contributed by atoms with Gasteiger partial charge in [-0.1, -0.05) is 0 Å². The molecule has 0 aliphatic carbocycles. The molecule has 0 saturated heterocycles. The van der Waals surface area contributed by atoms with Crippen LogP contribution in [0.5, 0.6) is 0 Å². The Balaban J connectivity index is 4.58. The minimum Gasteiger partial charge on any atom is -0.394 e. The molecule has 16 heteroatoms. The first-order valence-corrected chi connectivity index (χ1v) is 12.2. The van der Waals surface area contributed by atoms with Crippen LogP contribution in [0, 0.1) is 0 Å². The highest BCUT2D eigenvalue weighted by Crippen LogP contribution is 2.06. The molecule has 0 fully saturated rings. The summed E-state index contributed by atoms with van der Waals surface area (Å²) in [7, 11) is 0.